The number of aliphatic hydroxyl groups is 1. The molecule has 5 nitrogen and oxygen atoms in total. The molecule has 2 rings (SSSR count). The highest BCUT2D eigenvalue weighted by Crippen LogP contribution is 2.18. The van der Waals surface area contributed by atoms with Crippen LogP contribution in [0.25, 0.3) is 0 Å². The molecule has 1 fully saturated rings. The van der Waals surface area contributed by atoms with Gasteiger partial charge in [-0.25, -0.2) is 0 Å². The Kier molecular flexibility index (Phi) is 4.62. The van der Waals surface area contributed by atoms with Crippen molar-refractivity contribution in [2.75, 3.05) is 30.7 Å². The van der Waals surface area contributed by atoms with Crippen molar-refractivity contribution in [3.63, 3.8) is 0 Å². The summed E-state index contributed by atoms with van der Waals surface area (Å²) in [5.41, 5.74) is 8.23. The SMILES string of the molecule is Cc1ccc(NC(=O)CN2CCC(O)C(C)C2)cc1N. The number of carbonyl (C=O) groups excluding carboxylic acids is 1. The van der Waals surface area contributed by atoms with Crippen molar-refractivity contribution in [1.82, 2.24) is 4.90 Å². The zero-order chi connectivity index (χ0) is 14.7. The highest BCUT2D eigenvalue weighted by molar-refractivity contribution is 5.92. The van der Waals surface area contributed by atoms with E-state index in [-0.39, 0.29) is 17.9 Å². The number of aryl methyl sites for hydroxylation is 1. The molecule has 0 bridgehead atoms. The van der Waals surface area contributed by atoms with Crippen molar-refractivity contribution in [2.45, 2.75) is 26.4 Å². The van der Waals surface area contributed by atoms with Gasteiger partial charge in [0.25, 0.3) is 0 Å². The Morgan fingerprint density at radius 3 is 2.95 bits per heavy atom. The number of piperidine rings is 1. The van der Waals surface area contributed by atoms with Gasteiger partial charge in [0.05, 0.1) is 12.6 Å². The number of rotatable bonds is 3. The monoisotopic (exact) mass is 277 g/mol. The fraction of sp³-hybridized carbons (Fsp3) is 0.533. The van der Waals surface area contributed by atoms with E-state index in [0.717, 1.165) is 30.8 Å². The van der Waals surface area contributed by atoms with Gasteiger partial charge in [-0.15, -0.1) is 0 Å². The van der Waals surface area contributed by atoms with E-state index in [2.05, 4.69) is 10.2 Å². The fourth-order valence-electron chi connectivity index (χ4n) is 2.49. The number of nitrogens with zero attached hydrogens (tertiary/aromatic N) is 1. The highest BCUT2D eigenvalue weighted by Gasteiger charge is 2.25. The number of hydrogen-bond acceptors (Lipinski definition) is 4. The second-order valence-corrected chi connectivity index (χ2v) is 5.69. The van der Waals surface area contributed by atoms with Gasteiger partial charge in [0, 0.05) is 24.5 Å². The third-order valence-electron chi connectivity index (χ3n) is 3.87. The third-order valence-corrected chi connectivity index (χ3v) is 3.87. The highest BCUT2D eigenvalue weighted by atomic mass is 16.3. The van der Waals surface area contributed by atoms with Crippen molar-refractivity contribution in [3.8, 4) is 0 Å². The van der Waals surface area contributed by atoms with Gasteiger partial charge in [0.1, 0.15) is 0 Å². The number of hydrogen-bond donors (Lipinski definition) is 3. The molecule has 1 aliphatic rings. The van der Waals surface area contributed by atoms with Crippen LogP contribution < -0.4 is 11.1 Å². The Balaban J connectivity index is 1.87. The topological polar surface area (TPSA) is 78.6 Å². The van der Waals surface area contributed by atoms with E-state index in [9.17, 15) is 9.90 Å². The Hall–Kier alpha value is -1.59. The molecule has 2 atom stereocenters. The summed E-state index contributed by atoms with van der Waals surface area (Å²) in [6.07, 6.45) is 0.484. The van der Waals surface area contributed by atoms with Crippen LogP contribution in [-0.2, 0) is 4.79 Å². The van der Waals surface area contributed by atoms with E-state index < -0.39 is 0 Å². The zero-order valence-corrected chi connectivity index (χ0v) is 12.1. The summed E-state index contributed by atoms with van der Waals surface area (Å²) in [4.78, 5) is 14.1. The summed E-state index contributed by atoms with van der Waals surface area (Å²) < 4.78 is 0. The second kappa shape index (κ2) is 6.24. The molecule has 0 spiro atoms. The average Bonchev–Trinajstić information content (AvgIpc) is 2.38. The number of benzene rings is 1. The van der Waals surface area contributed by atoms with Crippen molar-refractivity contribution in [2.24, 2.45) is 5.92 Å². The number of anilines is 2. The number of nitrogen functional groups attached to an aromatic ring is 1. The van der Waals surface area contributed by atoms with Crippen LogP contribution in [0, 0.1) is 12.8 Å². The number of nitrogens with one attached hydrogen (secondary N) is 1. The molecule has 110 valence electrons. The fourth-order valence-corrected chi connectivity index (χ4v) is 2.49. The van der Waals surface area contributed by atoms with E-state index in [1.54, 1.807) is 6.07 Å². The van der Waals surface area contributed by atoms with E-state index in [1.807, 2.05) is 26.0 Å². The summed E-state index contributed by atoms with van der Waals surface area (Å²) in [6.45, 7) is 5.81. The molecule has 20 heavy (non-hydrogen) atoms. The number of nitrogens with two attached hydrogens (primary N) is 1. The van der Waals surface area contributed by atoms with Crippen molar-refractivity contribution in [3.05, 3.63) is 23.8 Å². The van der Waals surface area contributed by atoms with Crippen LogP contribution in [0.15, 0.2) is 18.2 Å². The van der Waals surface area contributed by atoms with Gasteiger partial charge in [-0.3, -0.25) is 9.69 Å². The number of amides is 1. The minimum absolute atomic E-state index is 0.0446. The van der Waals surface area contributed by atoms with Crippen molar-refractivity contribution in [1.29, 1.82) is 0 Å². The predicted octanol–water partition coefficient (Wildman–Crippen LogP) is 1.22. The van der Waals surface area contributed by atoms with Crippen LogP contribution in [0.5, 0.6) is 0 Å². The molecular weight excluding hydrogens is 254 g/mol. The smallest absolute Gasteiger partial charge is 0.238 e. The summed E-state index contributed by atoms with van der Waals surface area (Å²) >= 11 is 0. The van der Waals surface area contributed by atoms with Gasteiger partial charge < -0.3 is 16.2 Å². The third kappa shape index (κ3) is 3.71. The Morgan fingerprint density at radius 1 is 1.55 bits per heavy atom. The second-order valence-electron chi connectivity index (χ2n) is 5.69. The van der Waals surface area contributed by atoms with Crippen LogP contribution in [0.1, 0.15) is 18.9 Å². The molecule has 1 aliphatic heterocycles. The standard InChI is InChI=1S/C15H23N3O2/c1-10-3-4-12(7-13(10)16)17-15(20)9-18-6-5-14(19)11(2)8-18/h3-4,7,11,14,19H,5-6,8-9,16H2,1-2H3,(H,17,20). The first-order valence-electron chi connectivity index (χ1n) is 7.02. The molecule has 1 saturated heterocycles. The number of aliphatic hydroxyl groups excluding tert-OH is 1. The maximum atomic E-state index is 12.0. The minimum atomic E-state index is -0.244. The summed E-state index contributed by atoms with van der Waals surface area (Å²) in [5, 5.41) is 12.5. The van der Waals surface area contributed by atoms with Crippen molar-refractivity contribution >= 4 is 17.3 Å². The molecule has 0 aliphatic carbocycles. The van der Waals surface area contributed by atoms with Gasteiger partial charge in [0.15, 0.2) is 0 Å². The van der Waals surface area contributed by atoms with E-state index >= 15 is 0 Å². The lowest BCUT2D eigenvalue weighted by molar-refractivity contribution is -0.118. The lowest BCUT2D eigenvalue weighted by atomic mass is 9.97. The normalized spacial score (nSPS) is 23.6. The molecule has 1 aromatic carbocycles. The molecule has 0 aromatic heterocycles. The summed E-state index contributed by atoms with van der Waals surface area (Å²) in [5.74, 6) is 0.170. The van der Waals surface area contributed by atoms with E-state index in [0.29, 0.717) is 12.2 Å². The van der Waals surface area contributed by atoms with Gasteiger partial charge in [-0.1, -0.05) is 13.0 Å². The molecular formula is C15H23N3O2. The van der Waals surface area contributed by atoms with Crippen LogP contribution in [0.2, 0.25) is 0 Å². The minimum Gasteiger partial charge on any atom is -0.398 e. The molecule has 0 saturated carbocycles. The van der Waals surface area contributed by atoms with Crippen LogP contribution in [0.4, 0.5) is 11.4 Å². The maximum Gasteiger partial charge on any atom is 0.238 e. The molecule has 5 heteroatoms. The molecule has 4 N–H and O–H groups in total. The van der Waals surface area contributed by atoms with Crippen LogP contribution >= 0.6 is 0 Å². The van der Waals surface area contributed by atoms with Crippen LogP contribution in [0.3, 0.4) is 0 Å². The molecule has 2 unspecified atom stereocenters. The lowest BCUT2D eigenvalue weighted by Crippen LogP contribution is -2.45. The number of carbonyl (C=O) groups is 1. The van der Waals surface area contributed by atoms with Gasteiger partial charge >= 0.3 is 0 Å². The largest absolute Gasteiger partial charge is 0.398 e. The van der Waals surface area contributed by atoms with Gasteiger partial charge in [0.2, 0.25) is 5.91 Å². The van der Waals surface area contributed by atoms with Gasteiger partial charge in [-0.2, -0.15) is 0 Å². The summed E-state index contributed by atoms with van der Waals surface area (Å²) in [7, 11) is 0. The first-order valence-corrected chi connectivity index (χ1v) is 7.02. The summed E-state index contributed by atoms with van der Waals surface area (Å²) in [6, 6.07) is 5.52. The maximum absolute atomic E-state index is 12.0. The van der Waals surface area contributed by atoms with E-state index in [4.69, 9.17) is 5.73 Å². The number of likely N-dealkylation sites (tertiary alicyclic amines) is 1. The van der Waals surface area contributed by atoms with Crippen LogP contribution in [-0.4, -0.2) is 41.7 Å². The Morgan fingerprint density at radius 2 is 2.30 bits per heavy atom. The molecule has 1 heterocycles. The first-order chi connectivity index (χ1) is 9.45. The predicted molar refractivity (Wildman–Crippen MR) is 80.4 cm³/mol. The Bertz CT molecular complexity index is 490. The Labute approximate surface area is 119 Å². The molecule has 0 radical (unpaired) electrons. The van der Waals surface area contributed by atoms with Gasteiger partial charge in [-0.05, 0) is 37.0 Å². The average molecular weight is 277 g/mol. The first kappa shape index (κ1) is 14.8. The molecule has 1 amide bonds. The molecule has 1 aromatic rings. The lowest BCUT2D eigenvalue weighted by Gasteiger charge is -2.33. The van der Waals surface area contributed by atoms with Crippen molar-refractivity contribution < 1.29 is 9.90 Å². The quantitative estimate of drug-likeness (QED) is 0.726. The van der Waals surface area contributed by atoms with E-state index in [1.165, 1.54) is 0 Å². The zero-order valence-electron chi connectivity index (χ0n) is 12.1.